The van der Waals surface area contributed by atoms with E-state index in [-0.39, 0.29) is 6.10 Å². The molecule has 0 aliphatic carbocycles. The van der Waals surface area contributed by atoms with Crippen LogP contribution >= 0.6 is 34.8 Å². The molecule has 0 radical (unpaired) electrons. The molecule has 2 unspecified atom stereocenters. The molecule has 0 bridgehead atoms. The maximum atomic E-state index is 6.19. The van der Waals surface area contributed by atoms with Crippen molar-refractivity contribution in [3.63, 3.8) is 0 Å². The van der Waals surface area contributed by atoms with Gasteiger partial charge < -0.3 is 10.1 Å². The summed E-state index contributed by atoms with van der Waals surface area (Å²) in [6.45, 7) is 1.89. The van der Waals surface area contributed by atoms with E-state index >= 15 is 0 Å². The Bertz CT molecular complexity index is 660. The van der Waals surface area contributed by atoms with Gasteiger partial charge in [0.05, 0.1) is 15.1 Å². The number of halogens is 3. The summed E-state index contributed by atoms with van der Waals surface area (Å²) in [5.41, 5.74) is 0.965. The molecule has 3 rings (SSSR count). The first-order valence-electron chi connectivity index (χ1n) is 7.06. The SMILES string of the molecule is Clc1cncc(C(Oc2ccc(Cl)c(Cl)c2)C2CCNC2)c1. The normalized spacial score (nSPS) is 19.1. The minimum absolute atomic E-state index is 0.126. The number of pyridine rings is 1. The number of aromatic nitrogens is 1. The molecule has 0 saturated carbocycles. The molecule has 116 valence electrons. The lowest BCUT2D eigenvalue weighted by Gasteiger charge is -2.25. The molecule has 22 heavy (non-hydrogen) atoms. The van der Waals surface area contributed by atoms with Crippen molar-refractivity contribution in [1.29, 1.82) is 0 Å². The molecule has 0 spiro atoms. The van der Waals surface area contributed by atoms with E-state index in [2.05, 4.69) is 10.3 Å². The van der Waals surface area contributed by atoms with Crippen LogP contribution in [0.5, 0.6) is 5.75 Å². The molecule has 1 saturated heterocycles. The summed E-state index contributed by atoms with van der Waals surface area (Å²) in [7, 11) is 0. The van der Waals surface area contributed by atoms with Gasteiger partial charge in [0.25, 0.3) is 0 Å². The van der Waals surface area contributed by atoms with Crippen LogP contribution in [0.2, 0.25) is 15.1 Å². The average molecular weight is 358 g/mol. The molecule has 2 aromatic rings. The molecule has 1 aliphatic heterocycles. The summed E-state index contributed by atoms with van der Waals surface area (Å²) >= 11 is 18.1. The van der Waals surface area contributed by atoms with Gasteiger partial charge in [-0.25, -0.2) is 0 Å². The van der Waals surface area contributed by atoms with Gasteiger partial charge in [0.15, 0.2) is 0 Å². The van der Waals surface area contributed by atoms with Crippen molar-refractivity contribution >= 4 is 34.8 Å². The Morgan fingerprint density at radius 3 is 2.68 bits per heavy atom. The Hall–Kier alpha value is -1.00. The van der Waals surface area contributed by atoms with Gasteiger partial charge in [0.2, 0.25) is 0 Å². The van der Waals surface area contributed by atoms with Crippen molar-refractivity contribution in [1.82, 2.24) is 10.3 Å². The minimum atomic E-state index is -0.126. The fraction of sp³-hybridized carbons (Fsp3) is 0.312. The van der Waals surface area contributed by atoms with E-state index in [4.69, 9.17) is 39.5 Å². The van der Waals surface area contributed by atoms with Crippen molar-refractivity contribution in [3.8, 4) is 5.75 Å². The Morgan fingerprint density at radius 1 is 1.14 bits per heavy atom. The number of benzene rings is 1. The molecular weight excluding hydrogens is 343 g/mol. The Kier molecular flexibility index (Phi) is 5.09. The minimum Gasteiger partial charge on any atom is -0.485 e. The smallest absolute Gasteiger partial charge is 0.129 e. The van der Waals surface area contributed by atoms with Crippen molar-refractivity contribution in [2.75, 3.05) is 13.1 Å². The number of nitrogens with zero attached hydrogens (tertiary/aromatic N) is 1. The molecule has 1 N–H and O–H groups in total. The number of nitrogens with one attached hydrogen (secondary N) is 1. The van der Waals surface area contributed by atoms with Gasteiger partial charge >= 0.3 is 0 Å². The highest BCUT2D eigenvalue weighted by molar-refractivity contribution is 6.42. The average Bonchev–Trinajstić information content (AvgIpc) is 3.02. The summed E-state index contributed by atoms with van der Waals surface area (Å²) in [6.07, 6.45) is 4.33. The third kappa shape index (κ3) is 3.66. The van der Waals surface area contributed by atoms with Crippen LogP contribution in [-0.2, 0) is 0 Å². The third-order valence-corrected chi connectivity index (χ3v) is 4.68. The summed E-state index contributed by atoms with van der Waals surface area (Å²) in [5, 5.41) is 4.96. The second kappa shape index (κ2) is 7.05. The Morgan fingerprint density at radius 2 is 2.00 bits per heavy atom. The van der Waals surface area contributed by atoms with Gasteiger partial charge in [-0.05, 0) is 31.2 Å². The van der Waals surface area contributed by atoms with Crippen LogP contribution in [0.15, 0.2) is 36.7 Å². The highest BCUT2D eigenvalue weighted by Gasteiger charge is 2.28. The van der Waals surface area contributed by atoms with Crippen molar-refractivity contribution in [2.24, 2.45) is 5.92 Å². The number of rotatable bonds is 4. The molecule has 1 aliphatic rings. The van der Waals surface area contributed by atoms with Gasteiger partial charge in [0.1, 0.15) is 11.9 Å². The van der Waals surface area contributed by atoms with Crippen LogP contribution < -0.4 is 10.1 Å². The quantitative estimate of drug-likeness (QED) is 0.855. The number of hydrogen-bond acceptors (Lipinski definition) is 3. The molecule has 0 amide bonds. The van der Waals surface area contributed by atoms with Crippen LogP contribution in [0.25, 0.3) is 0 Å². The van der Waals surface area contributed by atoms with E-state index in [1.165, 1.54) is 0 Å². The second-order valence-electron chi connectivity index (χ2n) is 5.30. The van der Waals surface area contributed by atoms with Gasteiger partial charge in [-0.15, -0.1) is 0 Å². The van der Waals surface area contributed by atoms with Crippen LogP contribution in [0.1, 0.15) is 18.1 Å². The molecule has 1 aromatic heterocycles. The molecule has 3 nitrogen and oxygen atoms in total. The molecule has 2 atom stereocenters. The van der Waals surface area contributed by atoms with E-state index in [9.17, 15) is 0 Å². The Labute approximate surface area is 144 Å². The summed E-state index contributed by atoms with van der Waals surface area (Å²) < 4.78 is 6.19. The summed E-state index contributed by atoms with van der Waals surface area (Å²) in [6, 6.07) is 7.19. The standard InChI is InChI=1S/C16H15Cl3N2O/c17-12-5-11(8-21-9-12)16(10-3-4-20-7-10)22-13-1-2-14(18)15(19)6-13/h1-2,5-6,8-10,16,20H,3-4,7H2. The predicted molar refractivity (Wildman–Crippen MR) is 90.1 cm³/mol. The van der Waals surface area contributed by atoms with E-state index < -0.39 is 0 Å². The fourth-order valence-corrected chi connectivity index (χ4v) is 3.12. The zero-order chi connectivity index (χ0) is 15.5. The van der Waals surface area contributed by atoms with Crippen molar-refractivity contribution in [3.05, 3.63) is 57.3 Å². The summed E-state index contributed by atoms with van der Waals surface area (Å²) in [4.78, 5) is 4.17. The number of ether oxygens (including phenoxy) is 1. The van der Waals surface area contributed by atoms with Gasteiger partial charge in [-0.1, -0.05) is 34.8 Å². The highest BCUT2D eigenvalue weighted by Crippen LogP contribution is 2.34. The first-order chi connectivity index (χ1) is 10.6. The van der Waals surface area contributed by atoms with Gasteiger partial charge in [-0.2, -0.15) is 0 Å². The maximum absolute atomic E-state index is 6.19. The lowest BCUT2D eigenvalue weighted by atomic mass is 9.96. The van der Waals surface area contributed by atoms with Gasteiger partial charge in [-0.3, -0.25) is 4.98 Å². The molecule has 2 heterocycles. The van der Waals surface area contributed by atoms with E-state index in [0.717, 1.165) is 25.1 Å². The van der Waals surface area contributed by atoms with Crippen LogP contribution in [0, 0.1) is 5.92 Å². The Balaban J connectivity index is 1.89. The van der Waals surface area contributed by atoms with E-state index in [1.807, 2.05) is 12.1 Å². The number of hydrogen-bond donors (Lipinski definition) is 1. The zero-order valence-corrected chi connectivity index (χ0v) is 14.0. The largest absolute Gasteiger partial charge is 0.485 e. The first kappa shape index (κ1) is 15.9. The molecule has 6 heteroatoms. The van der Waals surface area contributed by atoms with Crippen molar-refractivity contribution in [2.45, 2.75) is 12.5 Å². The fourth-order valence-electron chi connectivity index (χ4n) is 2.65. The van der Waals surface area contributed by atoms with Crippen LogP contribution in [0.3, 0.4) is 0 Å². The topological polar surface area (TPSA) is 34.1 Å². The van der Waals surface area contributed by atoms with E-state index in [0.29, 0.717) is 26.7 Å². The molecule has 1 aromatic carbocycles. The van der Waals surface area contributed by atoms with Crippen LogP contribution in [-0.4, -0.2) is 18.1 Å². The molecular formula is C16H15Cl3N2O. The maximum Gasteiger partial charge on any atom is 0.129 e. The second-order valence-corrected chi connectivity index (χ2v) is 6.55. The van der Waals surface area contributed by atoms with Gasteiger partial charge in [0, 0.05) is 36.5 Å². The lowest BCUT2D eigenvalue weighted by molar-refractivity contribution is 0.144. The zero-order valence-electron chi connectivity index (χ0n) is 11.7. The van der Waals surface area contributed by atoms with Crippen molar-refractivity contribution < 1.29 is 4.74 Å². The first-order valence-corrected chi connectivity index (χ1v) is 8.20. The lowest BCUT2D eigenvalue weighted by Crippen LogP contribution is -2.21. The summed E-state index contributed by atoms with van der Waals surface area (Å²) in [5.74, 6) is 1.04. The monoisotopic (exact) mass is 356 g/mol. The van der Waals surface area contributed by atoms with Crippen LogP contribution in [0.4, 0.5) is 0 Å². The third-order valence-electron chi connectivity index (χ3n) is 3.74. The highest BCUT2D eigenvalue weighted by atomic mass is 35.5. The van der Waals surface area contributed by atoms with E-state index in [1.54, 1.807) is 24.5 Å². The molecule has 1 fully saturated rings. The predicted octanol–water partition coefficient (Wildman–Crippen LogP) is 4.77.